The van der Waals surface area contributed by atoms with Gasteiger partial charge in [-0.05, 0) is 60.6 Å². The van der Waals surface area contributed by atoms with Gasteiger partial charge in [-0.25, -0.2) is 8.42 Å². The number of benzene rings is 2. The number of alkyl halides is 3. The van der Waals surface area contributed by atoms with Crippen molar-refractivity contribution < 1.29 is 36.3 Å². The van der Waals surface area contributed by atoms with Crippen LogP contribution in [0.5, 0.6) is 0 Å². The lowest BCUT2D eigenvalue weighted by Gasteiger charge is -2.52. The molecular weight excluding hydrogens is 578 g/mol. The second kappa shape index (κ2) is 10.9. The number of rotatable bonds is 9. The average Bonchev–Trinajstić information content (AvgIpc) is 3.63. The number of piperidine rings is 1. The number of carbonyl (C=O) groups is 2. The van der Waals surface area contributed by atoms with Gasteiger partial charge in [-0.15, -0.1) is 0 Å². The molecule has 0 bridgehead atoms. The van der Waals surface area contributed by atoms with E-state index in [1.807, 2.05) is 0 Å². The molecule has 0 unspecified atom stereocenters. The lowest BCUT2D eigenvalue weighted by molar-refractivity contribution is -0.160. The summed E-state index contributed by atoms with van der Waals surface area (Å²) in [7, 11) is -4.66. The van der Waals surface area contributed by atoms with E-state index in [9.17, 15) is 36.3 Å². The maximum Gasteiger partial charge on any atom is 0.402 e. The predicted molar refractivity (Wildman–Crippen MR) is 141 cm³/mol. The minimum absolute atomic E-state index is 0.106. The number of hydrogen-bond acceptors (Lipinski definition) is 4. The van der Waals surface area contributed by atoms with Crippen molar-refractivity contribution in [1.82, 2.24) is 4.90 Å². The Labute approximate surface area is 235 Å². The van der Waals surface area contributed by atoms with Gasteiger partial charge in [0.1, 0.15) is 5.75 Å². The zero-order valence-corrected chi connectivity index (χ0v) is 23.3. The number of halogens is 5. The van der Waals surface area contributed by atoms with Crippen LogP contribution >= 0.6 is 23.2 Å². The van der Waals surface area contributed by atoms with E-state index in [4.69, 9.17) is 23.2 Å². The van der Waals surface area contributed by atoms with Crippen molar-refractivity contribution in [2.45, 2.75) is 56.8 Å². The largest absolute Gasteiger partial charge is 0.481 e. The van der Waals surface area contributed by atoms with E-state index < -0.39 is 69.2 Å². The molecule has 1 N–H and O–H groups in total. The molecule has 1 saturated heterocycles. The normalized spacial score (nSPS) is 25.0. The fourth-order valence-electron chi connectivity index (χ4n) is 5.74. The lowest BCUT2D eigenvalue weighted by atomic mass is 9.67. The van der Waals surface area contributed by atoms with Crippen molar-refractivity contribution in [2.75, 3.05) is 11.5 Å². The van der Waals surface area contributed by atoms with Crippen LogP contribution in [0.2, 0.25) is 10.0 Å². The monoisotopic (exact) mass is 605 g/mol. The first kappa shape index (κ1) is 29.7. The molecule has 12 heteroatoms. The summed E-state index contributed by atoms with van der Waals surface area (Å²) in [5.41, 5.74) is -0.138. The minimum Gasteiger partial charge on any atom is -0.481 e. The van der Waals surface area contributed by atoms with Gasteiger partial charge in [-0.3, -0.25) is 9.59 Å². The van der Waals surface area contributed by atoms with Crippen LogP contribution in [0.4, 0.5) is 13.2 Å². The zero-order valence-electron chi connectivity index (χ0n) is 21.0. The van der Waals surface area contributed by atoms with Gasteiger partial charge in [0.25, 0.3) is 0 Å². The first-order valence-corrected chi connectivity index (χ1v) is 15.0. The van der Waals surface area contributed by atoms with Crippen LogP contribution in [0.25, 0.3) is 0 Å². The fourth-order valence-corrected chi connectivity index (χ4v) is 7.63. The van der Waals surface area contributed by atoms with Gasteiger partial charge in [0.2, 0.25) is 5.91 Å². The fraction of sp³-hybridized carbons (Fsp3) is 0.481. The summed E-state index contributed by atoms with van der Waals surface area (Å²) >= 11 is 12.4. The van der Waals surface area contributed by atoms with E-state index in [2.05, 4.69) is 0 Å². The Morgan fingerprint density at radius 1 is 1.10 bits per heavy atom. The summed E-state index contributed by atoms with van der Waals surface area (Å²) in [4.78, 5) is 27.5. The molecule has 1 amide bonds. The number of hydrogen-bond donors (Lipinski definition) is 1. The smallest absolute Gasteiger partial charge is 0.402 e. The number of carboxylic acid groups (broad SMARTS) is 1. The minimum atomic E-state index is -4.93. The summed E-state index contributed by atoms with van der Waals surface area (Å²) in [6.07, 6.45) is -4.27. The zero-order chi connectivity index (χ0) is 28.8. The van der Waals surface area contributed by atoms with Gasteiger partial charge in [0, 0.05) is 22.0 Å². The maximum atomic E-state index is 14.2. The maximum absolute atomic E-state index is 14.2. The Balaban J connectivity index is 1.91. The molecule has 6 nitrogen and oxygen atoms in total. The third-order valence-electron chi connectivity index (χ3n) is 7.46. The molecule has 212 valence electrons. The molecule has 1 aliphatic heterocycles. The number of carbonyl (C=O) groups excluding carboxylic acids is 1. The summed E-state index contributed by atoms with van der Waals surface area (Å²) in [6, 6.07) is 11.6. The van der Waals surface area contributed by atoms with Crippen LogP contribution in [0.3, 0.4) is 0 Å². The third kappa shape index (κ3) is 7.08. The van der Waals surface area contributed by atoms with Crippen LogP contribution in [-0.4, -0.2) is 54.0 Å². The highest BCUT2D eigenvalue weighted by Crippen LogP contribution is 2.54. The van der Waals surface area contributed by atoms with Crippen LogP contribution < -0.4 is 0 Å². The Hall–Kier alpha value is -2.30. The molecular formula is C27H28Cl2F3NO5S. The molecule has 1 heterocycles. The highest BCUT2D eigenvalue weighted by Gasteiger charge is 2.55. The molecule has 2 aliphatic rings. The molecule has 4 atom stereocenters. The second-order valence-electron chi connectivity index (χ2n) is 10.8. The van der Waals surface area contributed by atoms with Crippen LogP contribution in [0.15, 0.2) is 48.5 Å². The third-order valence-corrected chi connectivity index (χ3v) is 9.57. The van der Waals surface area contributed by atoms with Crippen molar-refractivity contribution in [1.29, 1.82) is 0 Å². The van der Waals surface area contributed by atoms with Crippen LogP contribution in [-0.2, 0) is 19.4 Å². The van der Waals surface area contributed by atoms with Crippen molar-refractivity contribution in [3.8, 4) is 0 Å². The number of aliphatic carboxylic acids is 1. The molecule has 39 heavy (non-hydrogen) atoms. The number of sulfone groups is 1. The number of nitrogens with zero attached hydrogens (tertiary/aromatic N) is 1. The SMILES string of the molecule is C[C@@]1(CC(=O)O)C[C@H](c2cccc(Cl)c2)[C@@H](c2ccc(Cl)cc2)N([C@H](CS(=O)(=O)CC(F)(F)F)C2CC2)C1=O. The highest BCUT2D eigenvalue weighted by atomic mass is 35.5. The molecule has 1 aliphatic carbocycles. The first-order valence-electron chi connectivity index (χ1n) is 12.4. The molecule has 2 fully saturated rings. The number of likely N-dealkylation sites (tertiary alicyclic amines) is 1. The summed E-state index contributed by atoms with van der Waals surface area (Å²) in [5.74, 6) is -5.55. The van der Waals surface area contributed by atoms with Gasteiger partial charge in [-0.2, -0.15) is 13.2 Å². The molecule has 2 aromatic rings. The van der Waals surface area contributed by atoms with Crippen molar-refractivity contribution in [3.05, 3.63) is 69.7 Å². The quantitative estimate of drug-likeness (QED) is 0.363. The highest BCUT2D eigenvalue weighted by molar-refractivity contribution is 7.91. The molecule has 0 aromatic heterocycles. The summed E-state index contributed by atoms with van der Waals surface area (Å²) < 4.78 is 65.0. The van der Waals surface area contributed by atoms with E-state index >= 15 is 0 Å². The summed E-state index contributed by atoms with van der Waals surface area (Å²) in [6.45, 7) is 1.51. The topological polar surface area (TPSA) is 91.8 Å². The van der Waals surface area contributed by atoms with Gasteiger partial charge >= 0.3 is 12.1 Å². The lowest BCUT2D eigenvalue weighted by Crippen LogP contribution is -2.58. The average molecular weight is 606 g/mol. The Bertz CT molecular complexity index is 1350. The van der Waals surface area contributed by atoms with Crippen molar-refractivity contribution in [3.63, 3.8) is 0 Å². The van der Waals surface area contributed by atoms with E-state index in [1.54, 1.807) is 48.5 Å². The van der Waals surface area contributed by atoms with Gasteiger partial charge in [-0.1, -0.05) is 54.4 Å². The second-order valence-corrected chi connectivity index (χ2v) is 13.8. The van der Waals surface area contributed by atoms with Crippen LogP contribution in [0, 0.1) is 11.3 Å². The molecule has 0 radical (unpaired) electrons. The van der Waals surface area contributed by atoms with Gasteiger partial charge in [0.15, 0.2) is 9.84 Å². The molecule has 2 aromatic carbocycles. The van der Waals surface area contributed by atoms with Gasteiger partial charge < -0.3 is 10.0 Å². The van der Waals surface area contributed by atoms with E-state index in [0.717, 1.165) is 0 Å². The van der Waals surface area contributed by atoms with E-state index in [0.29, 0.717) is 34.0 Å². The Morgan fingerprint density at radius 3 is 2.28 bits per heavy atom. The van der Waals surface area contributed by atoms with E-state index in [1.165, 1.54) is 11.8 Å². The van der Waals surface area contributed by atoms with E-state index in [-0.39, 0.29) is 12.3 Å². The van der Waals surface area contributed by atoms with Crippen molar-refractivity contribution in [2.24, 2.45) is 11.3 Å². The van der Waals surface area contributed by atoms with Crippen LogP contribution in [0.1, 0.15) is 55.7 Å². The van der Waals surface area contributed by atoms with Crippen molar-refractivity contribution >= 4 is 44.9 Å². The molecule has 1 saturated carbocycles. The summed E-state index contributed by atoms with van der Waals surface area (Å²) in [5, 5.41) is 10.5. The first-order chi connectivity index (χ1) is 18.1. The predicted octanol–water partition coefficient (Wildman–Crippen LogP) is 6.29. The van der Waals surface area contributed by atoms with Gasteiger partial charge in [0.05, 0.1) is 23.6 Å². The number of amides is 1. The Morgan fingerprint density at radius 2 is 1.74 bits per heavy atom. The molecule has 4 rings (SSSR count). The molecule has 0 spiro atoms. The Kier molecular flexibility index (Phi) is 8.32. The number of carboxylic acids is 1. The standard InChI is InChI=1S/C27H28Cl2F3NO5S/c1-26(13-23(34)35)12-21(18-3-2-4-20(29)11-18)24(17-7-9-19(28)10-8-17)33(25(26)36)22(16-5-6-16)14-39(37,38)15-27(30,31)32/h2-4,7-11,16,21-22,24H,5-6,12-15H2,1H3,(H,34,35)/t21-,22-,24-,26+/m1/s1.